The van der Waals surface area contributed by atoms with Crippen LogP contribution >= 0.6 is 11.6 Å². The number of aromatic nitrogens is 1. The monoisotopic (exact) mass is 294 g/mol. The van der Waals surface area contributed by atoms with Crippen molar-refractivity contribution in [2.75, 3.05) is 0 Å². The van der Waals surface area contributed by atoms with Crippen molar-refractivity contribution >= 4 is 17.5 Å². The predicted octanol–water partition coefficient (Wildman–Crippen LogP) is 2.80. The second-order valence-electron chi connectivity index (χ2n) is 4.74. The lowest BCUT2D eigenvalue weighted by atomic mass is 10.1. The minimum Gasteiger partial charge on any atom is -0.478 e. The van der Waals surface area contributed by atoms with Crippen LogP contribution in [-0.4, -0.2) is 16.7 Å². The first-order valence-corrected chi connectivity index (χ1v) is 6.47. The van der Waals surface area contributed by atoms with Gasteiger partial charge in [0.1, 0.15) is 17.7 Å². The van der Waals surface area contributed by atoms with Crippen LogP contribution in [0.1, 0.15) is 19.5 Å². The molecule has 1 aromatic heterocycles. The summed E-state index contributed by atoms with van der Waals surface area (Å²) in [7, 11) is 0. The van der Waals surface area contributed by atoms with Crippen LogP contribution in [0.15, 0.2) is 41.1 Å². The molecule has 0 unspecified atom stereocenters. The van der Waals surface area contributed by atoms with Crippen molar-refractivity contribution < 1.29 is 14.1 Å². The normalized spacial score (nSPS) is 11.2. The second-order valence-corrected chi connectivity index (χ2v) is 5.18. The highest BCUT2D eigenvalue weighted by Crippen LogP contribution is 2.22. The number of amides is 1. The van der Waals surface area contributed by atoms with E-state index in [9.17, 15) is 4.79 Å². The summed E-state index contributed by atoms with van der Waals surface area (Å²) in [5.41, 5.74) is -0.370. The van der Waals surface area contributed by atoms with Crippen molar-refractivity contribution in [2.45, 2.75) is 26.0 Å². The summed E-state index contributed by atoms with van der Waals surface area (Å²) in [6.45, 7) is 3.66. The van der Waals surface area contributed by atoms with Crippen LogP contribution in [0.3, 0.4) is 0 Å². The Morgan fingerprint density at radius 1 is 1.45 bits per heavy atom. The number of ether oxygens (including phenoxy) is 1. The number of carbonyl (C=O) groups excluding carboxylic acids is 1. The second kappa shape index (κ2) is 5.96. The summed E-state index contributed by atoms with van der Waals surface area (Å²) in [5, 5.41) is 7.02. The average molecular weight is 295 g/mol. The van der Waals surface area contributed by atoms with Crippen molar-refractivity contribution in [3.63, 3.8) is 0 Å². The molecule has 0 aliphatic rings. The quantitative estimate of drug-likeness (QED) is 0.921. The summed E-state index contributed by atoms with van der Waals surface area (Å²) in [5.74, 6) is 0.291. The Morgan fingerprint density at radius 2 is 2.25 bits per heavy atom. The highest BCUT2D eigenvalue weighted by atomic mass is 35.5. The zero-order valence-electron chi connectivity index (χ0n) is 11.2. The van der Waals surface area contributed by atoms with Gasteiger partial charge < -0.3 is 14.6 Å². The molecule has 1 N–H and O–H groups in total. The first-order chi connectivity index (χ1) is 9.47. The highest BCUT2D eigenvalue weighted by Gasteiger charge is 2.29. The Kier molecular flexibility index (Phi) is 4.29. The van der Waals surface area contributed by atoms with E-state index < -0.39 is 5.60 Å². The number of nitrogens with zero attached hydrogens (tertiary/aromatic N) is 1. The van der Waals surface area contributed by atoms with Crippen LogP contribution in [0, 0.1) is 0 Å². The molecule has 5 nitrogen and oxygen atoms in total. The summed E-state index contributed by atoms with van der Waals surface area (Å²) < 4.78 is 10.4. The van der Waals surface area contributed by atoms with Gasteiger partial charge in [-0.3, -0.25) is 4.79 Å². The molecular weight excluding hydrogens is 280 g/mol. The van der Waals surface area contributed by atoms with E-state index in [4.69, 9.17) is 20.9 Å². The molecule has 20 heavy (non-hydrogen) atoms. The SMILES string of the molecule is CC(C)(Oc1cccc(Cl)c1)C(=O)NCc1ccon1. The van der Waals surface area contributed by atoms with Crippen molar-refractivity contribution in [2.24, 2.45) is 0 Å². The van der Waals surface area contributed by atoms with Crippen molar-refractivity contribution in [1.82, 2.24) is 10.5 Å². The van der Waals surface area contributed by atoms with E-state index >= 15 is 0 Å². The topological polar surface area (TPSA) is 64.4 Å². The van der Waals surface area contributed by atoms with Gasteiger partial charge in [-0.2, -0.15) is 0 Å². The lowest BCUT2D eigenvalue weighted by Crippen LogP contribution is -2.46. The lowest BCUT2D eigenvalue weighted by Gasteiger charge is -2.25. The molecule has 1 heterocycles. The zero-order chi connectivity index (χ0) is 14.6. The maximum Gasteiger partial charge on any atom is 0.263 e. The van der Waals surface area contributed by atoms with Gasteiger partial charge in [-0.1, -0.05) is 22.8 Å². The third-order valence-electron chi connectivity index (χ3n) is 2.64. The zero-order valence-corrected chi connectivity index (χ0v) is 12.0. The fourth-order valence-corrected chi connectivity index (χ4v) is 1.76. The molecule has 106 valence electrons. The molecule has 0 bridgehead atoms. The molecule has 2 aromatic rings. The summed E-state index contributed by atoms with van der Waals surface area (Å²) in [6, 6.07) is 8.60. The number of benzene rings is 1. The van der Waals surface area contributed by atoms with Crippen LogP contribution in [0.5, 0.6) is 5.75 Å². The van der Waals surface area contributed by atoms with Crippen molar-refractivity contribution in [3.05, 3.63) is 47.3 Å². The number of carbonyl (C=O) groups is 1. The molecule has 1 aromatic carbocycles. The molecule has 0 aliphatic heterocycles. The molecular formula is C14H15ClN2O3. The Balaban J connectivity index is 1.96. The molecule has 1 amide bonds. The molecule has 0 aliphatic carbocycles. The Morgan fingerprint density at radius 3 is 2.90 bits per heavy atom. The van der Waals surface area contributed by atoms with Crippen LogP contribution in [0.25, 0.3) is 0 Å². The minimum absolute atomic E-state index is 0.250. The minimum atomic E-state index is -1.02. The van der Waals surface area contributed by atoms with Crippen LogP contribution < -0.4 is 10.1 Å². The van der Waals surface area contributed by atoms with Gasteiger partial charge in [0.2, 0.25) is 0 Å². The standard InChI is InChI=1S/C14H15ClN2O3/c1-14(2,20-12-5-3-4-10(15)8-12)13(18)16-9-11-6-7-19-17-11/h3-8H,9H2,1-2H3,(H,16,18). The van der Waals surface area contributed by atoms with Crippen LogP contribution in [0.2, 0.25) is 5.02 Å². The smallest absolute Gasteiger partial charge is 0.263 e. The van der Waals surface area contributed by atoms with E-state index in [1.165, 1.54) is 6.26 Å². The van der Waals surface area contributed by atoms with Crippen molar-refractivity contribution in [3.8, 4) is 5.75 Å². The number of hydrogen-bond donors (Lipinski definition) is 1. The van der Waals surface area contributed by atoms with E-state index in [1.54, 1.807) is 44.2 Å². The number of halogens is 1. The Bertz CT molecular complexity index is 582. The Hall–Kier alpha value is -2.01. The first kappa shape index (κ1) is 14.4. The van der Waals surface area contributed by atoms with E-state index in [2.05, 4.69) is 10.5 Å². The van der Waals surface area contributed by atoms with Gasteiger partial charge in [0.05, 0.1) is 6.54 Å². The van der Waals surface area contributed by atoms with Crippen molar-refractivity contribution in [1.29, 1.82) is 0 Å². The van der Waals surface area contributed by atoms with E-state index in [-0.39, 0.29) is 12.5 Å². The molecule has 0 atom stereocenters. The lowest BCUT2D eigenvalue weighted by molar-refractivity contribution is -0.134. The average Bonchev–Trinajstić information content (AvgIpc) is 2.88. The summed E-state index contributed by atoms with van der Waals surface area (Å²) in [6.07, 6.45) is 1.45. The third-order valence-corrected chi connectivity index (χ3v) is 2.87. The third kappa shape index (κ3) is 3.74. The first-order valence-electron chi connectivity index (χ1n) is 6.09. The Labute approximate surface area is 121 Å². The van der Waals surface area contributed by atoms with Gasteiger partial charge in [0, 0.05) is 11.1 Å². The molecule has 6 heteroatoms. The highest BCUT2D eigenvalue weighted by molar-refractivity contribution is 6.30. The number of hydrogen-bond acceptors (Lipinski definition) is 4. The predicted molar refractivity (Wildman–Crippen MR) is 74.5 cm³/mol. The molecule has 0 radical (unpaired) electrons. The molecule has 0 spiro atoms. The van der Waals surface area contributed by atoms with Gasteiger partial charge in [0.15, 0.2) is 5.60 Å². The van der Waals surface area contributed by atoms with Gasteiger partial charge in [-0.15, -0.1) is 0 Å². The fraction of sp³-hybridized carbons (Fsp3) is 0.286. The summed E-state index contributed by atoms with van der Waals surface area (Å²) >= 11 is 5.88. The largest absolute Gasteiger partial charge is 0.478 e. The van der Waals surface area contributed by atoms with Gasteiger partial charge in [-0.25, -0.2) is 0 Å². The van der Waals surface area contributed by atoms with E-state index in [1.807, 2.05) is 0 Å². The van der Waals surface area contributed by atoms with Crippen LogP contribution in [0.4, 0.5) is 0 Å². The van der Waals surface area contributed by atoms with Gasteiger partial charge >= 0.3 is 0 Å². The molecule has 2 rings (SSSR count). The number of rotatable bonds is 5. The van der Waals surface area contributed by atoms with E-state index in [0.29, 0.717) is 16.5 Å². The maximum atomic E-state index is 12.1. The maximum absolute atomic E-state index is 12.1. The molecule has 0 saturated heterocycles. The number of nitrogens with one attached hydrogen (secondary N) is 1. The fourth-order valence-electron chi connectivity index (χ4n) is 1.58. The van der Waals surface area contributed by atoms with E-state index in [0.717, 1.165) is 0 Å². The molecule has 0 fully saturated rings. The van der Waals surface area contributed by atoms with Gasteiger partial charge in [0.25, 0.3) is 5.91 Å². The van der Waals surface area contributed by atoms with Crippen LogP contribution in [-0.2, 0) is 11.3 Å². The summed E-state index contributed by atoms with van der Waals surface area (Å²) in [4.78, 5) is 12.1. The van der Waals surface area contributed by atoms with Gasteiger partial charge in [-0.05, 0) is 32.0 Å². The molecule has 0 saturated carbocycles.